The Morgan fingerprint density at radius 2 is 1.74 bits per heavy atom. The van der Waals surface area contributed by atoms with Gasteiger partial charge in [-0.15, -0.1) is 0 Å². The Balaban J connectivity index is 1.33. The number of aryl methyl sites for hydroxylation is 1. The SMILES string of the molecule is Cc1cc(C(=O)NC2CCCCC2)ccc1NC(=O)C1CCC2(CC1)NC(=O)NC2=O. The Morgan fingerprint density at radius 3 is 2.35 bits per heavy atom. The summed E-state index contributed by atoms with van der Waals surface area (Å²) >= 11 is 0. The fourth-order valence-corrected chi connectivity index (χ4v) is 4.95. The van der Waals surface area contributed by atoms with Crippen molar-refractivity contribution in [3.05, 3.63) is 29.3 Å². The van der Waals surface area contributed by atoms with E-state index in [-0.39, 0.29) is 29.7 Å². The van der Waals surface area contributed by atoms with Crippen LogP contribution in [0, 0.1) is 12.8 Å². The molecule has 0 unspecified atom stereocenters. The van der Waals surface area contributed by atoms with E-state index < -0.39 is 11.6 Å². The lowest BCUT2D eigenvalue weighted by molar-refractivity contribution is -0.128. The van der Waals surface area contributed by atoms with Crippen LogP contribution in [0.4, 0.5) is 10.5 Å². The molecule has 31 heavy (non-hydrogen) atoms. The summed E-state index contributed by atoms with van der Waals surface area (Å²) in [5, 5.41) is 11.1. The number of carbonyl (C=O) groups excluding carboxylic acids is 4. The number of nitrogens with one attached hydrogen (secondary N) is 4. The third kappa shape index (κ3) is 4.57. The van der Waals surface area contributed by atoms with Gasteiger partial charge in [-0.2, -0.15) is 0 Å². The summed E-state index contributed by atoms with van der Waals surface area (Å²) in [5.74, 6) is -0.677. The largest absolute Gasteiger partial charge is 0.349 e. The minimum Gasteiger partial charge on any atom is -0.349 e. The zero-order chi connectivity index (χ0) is 22.0. The molecular formula is C23H30N4O4. The van der Waals surface area contributed by atoms with Gasteiger partial charge in [-0.1, -0.05) is 19.3 Å². The van der Waals surface area contributed by atoms with Gasteiger partial charge in [-0.3, -0.25) is 19.7 Å². The maximum absolute atomic E-state index is 12.8. The number of imide groups is 1. The van der Waals surface area contributed by atoms with Crippen molar-refractivity contribution in [2.45, 2.75) is 76.3 Å². The molecule has 1 spiro atoms. The number of hydrogen-bond donors (Lipinski definition) is 4. The van der Waals surface area contributed by atoms with Gasteiger partial charge in [0.1, 0.15) is 5.54 Å². The quantitative estimate of drug-likeness (QED) is 0.554. The van der Waals surface area contributed by atoms with Gasteiger partial charge in [0.2, 0.25) is 5.91 Å². The van der Waals surface area contributed by atoms with Crippen LogP contribution in [0.3, 0.4) is 0 Å². The van der Waals surface area contributed by atoms with E-state index in [0.717, 1.165) is 31.2 Å². The molecule has 1 aromatic rings. The van der Waals surface area contributed by atoms with E-state index in [4.69, 9.17) is 0 Å². The van der Waals surface area contributed by atoms with E-state index in [1.165, 1.54) is 6.42 Å². The smallest absolute Gasteiger partial charge is 0.322 e. The second kappa shape index (κ2) is 8.69. The first-order valence-electron chi connectivity index (χ1n) is 11.2. The Kier molecular flexibility index (Phi) is 5.98. The van der Waals surface area contributed by atoms with Crippen molar-refractivity contribution in [2.24, 2.45) is 5.92 Å². The lowest BCUT2D eigenvalue weighted by Gasteiger charge is -2.33. The molecule has 1 heterocycles. The van der Waals surface area contributed by atoms with Gasteiger partial charge in [0.05, 0.1) is 0 Å². The molecular weight excluding hydrogens is 396 g/mol. The third-order valence-corrected chi connectivity index (χ3v) is 6.91. The molecule has 1 aliphatic heterocycles. The van der Waals surface area contributed by atoms with Crippen LogP contribution in [-0.2, 0) is 9.59 Å². The number of urea groups is 1. The second-order valence-electron chi connectivity index (χ2n) is 9.09. The topological polar surface area (TPSA) is 116 Å². The van der Waals surface area contributed by atoms with Crippen LogP contribution in [0.25, 0.3) is 0 Å². The monoisotopic (exact) mass is 426 g/mol. The molecule has 1 saturated heterocycles. The van der Waals surface area contributed by atoms with Crippen LogP contribution in [0.2, 0.25) is 0 Å². The molecule has 5 amide bonds. The fourth-order valence-electron chi connectivity index (χ4n) is 4.95. The Bertz CT molecular complexity index is 899. The van der Waals surface area contributed by atoms with Crippen LogP contribution in [-0.4, -0.2) is 35.3 Å². The molecule has 3 fully saturated rings. The average molecular weight is 427 g/mol. The highest BCUT2D eigenvalue weighted by Gasteiger charge is 2.48. The highest BCUT2D eigenvalue weighted by molar-refractivity contribution is 6.07. The third-order valence-electron chi connectivity index (χ3n) is 6.91. The van der Waals surface area contributed by atoms with Crippen molar-refractivity contribution in [3.63, 3.8) is 0 Å². The normalized spacial score (nSPS) is 26.3. The molecule has 2 saturated carbocycles. The van der Waals surface area contributed by atoms with Gasteiger partial charge in [0.25, 0.3) is 11.8 Å². The van der Waals surface area contributed by atoms with Crippen LogP contribution in [0.1, 0.15) is 73.7 Å². The molecule has 8 heteroatoms. The number of amides is 5. The molecule has 1 aromatic carbocycles. The number of hydrogen-bond acceptors (Lipinski definition) is 4. The van der Waals surface area contributed by atoms with Crippen molar-refractivity contribution in [1.82, 2.24) is 16.0 Å². The van der Waals surface area contributed by atoms with Crippen molar-refractivity contribution < 1.29 is 19.2 Å². The van der Waals surface area contributed by atoms with E-state index in [0.29, 0.717) is 36.9 Å². The molecule has 0 aromatic heterocycles. The van der Waals surface area contributed by atoms with Crippen molar-refractivity contribution in [3.8, 4) is 0 Å². The van der Waals surface area contributed by atoms with Crippen LogP contribution < -0.4 is 21.3 Å². The highest BCUT2D eigenvalue weighted by atomic mass is 16.2. The van der Waals surface area contributed by atoms with Crippen LogP contribution >= 0.6 is 0 Å². The highest BCUT2D eigenvalue weighted by Crippen LogP contribution is 2.35. The van der Waals surface area contributed by atoms with Gasteiger partial charge in [0.15, 0.2) is 0 Å². The maximum Gasteiger partial charge on any atom is 0.322 e. The molecule has 0 atom stereocenters. The van der Waals surface area contributed by atoms with Gasteiger partial charge in [0, 0.05) is 23.2 Å². The van der Waals surface area contributed by atoms with Crippen LogP contribution in [0.5, 0.6) is 0 Å². The average Bonchev–Trinajstić information content (AvgIpc) is 3.03. The lowest BCUT2D eigenvalue weighted by atomic mass is 9.76. The van der Waals surface area contributed by atoms with Crippen molar-refractivity contribution in [2.75, 3.05) is 5.32 Å². The Hall–Kier alpha value is -2.90. The first kappa shape index (κ1) is 21.3. The van der Waals surface area contributed by atoms with Gasteiger partial charge in [-0.05, 0) is 69.2 Å². The number of anilines is 1. The molecule has 166 valence electrons. The molecule has 2 aliphatic carbocycles. The molecule has 0 radical (unpaired) electrons. The van der Waals surface area contributed by atoms with E-state index in [2.05, 4.69) is 21.3 Å². The summed E-state index contributed by atoms with van der Waals surface area (Å²) in [6.45, 7) is 1.88. The zero-order valence-corrected chi connectivity index (χ0v) is 17.9. The summed E-state index contributed by atoms with van der Waals surface area (Å²) in [4.78, 5) is 48.8. The predicted molar refractivity (Wildman–Crippen MR) is 116 cm³/mol. The fraction of sp³-hybridized carbons (Fsp3) is 0.565. The van der Waals surface area contributed by atoms with E-state index >= 15 is 0 Å². The minimum absolute atomic E-state index is 0.0673. The first-order chi connectivity index (χ1) is 14.9. The molecule has 4 N–H and O–H groups in total. The summed E-state index contributed by atoms with van der Waals surface area (Å²) in [6.07, 6.45) is 7.58. The molecule has 3 aliphatic rings. The number of rotatable bonds is 4. The van der Waals surface area contributed by atoms with Crippen LogP contribution in [0.15, 0.2) is 18.2 Å². The van der Waals surface area contributed by atoms with Gasteiger partial charge in [-0.25, -0.2) is 4.79 Å². The van der Waals surface area contributed by atoms with Crippen molar-refractivity contribution >= 4 is 29.4 Å². The van der Waals surface area contributed by atoms with E-state index in [9.17, 15) is 19.2 Å². The second-order valence-corrected chi connectivity index (χ2v) is 9.09. The predicted octanol–water partition coefficient (Wildman–Crippen LogP) is 2.76. The Labute approximate surface area is 181 Å². The van der Waals surface area contributed by atoms with Gasteiger partial charge < -0.3 is 16.0 Å². The molecule has 8 nitrogen and oxygen atoms in total. The first-order valence-corrected chi connectivity index (χ1v) is 11.2. The summed E-state index contributed by atoms with van der Waals surface area (Å²) in [5.41, 5.74) is 1.26. The number of benzene rings is 1. The van der Waals surface area contributed by atoms with E-state index in [1.54, 1.807) is 12.1 Å². The van der Waals surface area contributed by atoms with E-state index in [1.807, 2.05) is 13.0 Å². The summed E-state index contributed by atoms with van der Waals surface area (Å²) < 4.78 is 0. The molecule has 4 rings (SSSR count). The van der Waals surface area contributed by atoms with Crippen molar-refractivity contribution in [1.29, 1.82) is 0 Å². The zero-order valence-electron chi connectivity index (χ0n) is 17.9. The summed E-state index contributed by atoms with van der Waals surface area (Å²) in [7, 11) is 0. The Morgan fingerprint density at radius 1 is 1.03 bits per heavy atom. The maximum atomic E-state index is 12.8. The minimum atomic E-state index is -0.864. The number of carbonyl (C=O) groups is 4. The summed E-state index contributed by atoms with van der Waals surface area (Å²) in [6, 6.07) is 5.12. The standard InChI is InChI=1S/C23H30N4O4/c1-14-13-16(20(29)24-17-5-3-2-4-6-17)7-8-18(14)25-19(28)15-9-11-23(12-10-15)21(30)26-22(31)27-23/h7-8,13,15,17H,2-6,9-12H2,1H3,(H,24,29)(H,25,28)(H2,26,27,30,31). The molecule has 0 bridgehead atoms. The lowest BCUT2D eigenvalue weighted by Crippen LogP contribution is -2.50. The van der Waals surface area contributed by atoms with Gasteiger partial charge >= 0.3 is 6.03 Å².